The van der Waals surface area contributed by atoms with Gasteiger partial charge in [0.2, 0.25) is 0 Å². The molecule has 4 nitrogen and oxygen atoms in total. The molecule has 0 saturated heterocycles. The lowest BCUT2D eigenvalue weighted by molar-refractivity contribution is 0.102. The first-order chi connectivity index (χ1) is 11.1. The summed E-state index contributed by atoms with van der Waals surface area (Å²) in [7, 11) is 0. The molecular weight excluding hydrogens is 332 g/mol. The number of benzene rings is 2. The number of aryl methyl sites for hydroxylation is 1. The van der Waals surface area contributed by atoms with Gasteiger partial charge in [-0.25, -0.2) is 4.98 Å². The van der Waals surface area contributed by atoms with E-state index in [1.807, 2.05) is 26.0 Å². The minimum absolute atomic E-state index is 0.198. The number of hydrogen-bond donors (Lipinski definition) is 1. The number of halogens is 1. The maximum Gasteiger partial charge on any atom is 0.257 e. The summed E-state index contributed by atoms with van der Waals surface area (Å²) in [5.74, 6) is 0.546. The molecule has 0 bridgehead atoms. The van der Waals surface area contributed by atoms with Crippen LogP contribution >= 0.6 is 22.9 Å². The van der Waals surface area contributed by atoms with Crippen molar-refractivity contribution in [2.75, 3.05) is 11.9 Å². The van der Waals surface area contributed by atoms with E-state index in [4.69, 9.17) is 16.3 Å². The molecule has 0 spiro atoms. The Labute approximate surface area is 143 Å². The molecule has 3 aromatic rings. The van der Waals surface area contributed by atoms with E-state index in [0.29, 0.717) is 22.3 Å². The minimum Gasteiger partial charge on any atom is -0.494 e. The molecule has 0 unspecified atom stereocenters. The highest BCUT2D eigenvalue weighted by Crippen LogP contribution is 2.31. The minimum atomic E-state index is -0.198. The zero-order chi connectivity index (χ0) is 16.4. The molecule has 0 radical (unpaired) electrons. The van der Waals surface area contributed by atoms with E-state index < -0.39 is 0 Å². The van der Waals surface area contributed by atoms with Crippen molar-refractivity contribution in [2.45, 2.75) is 13.8 Å². The molecule has 3 rings (SSSR count). The van der Waals surface area contributed by atoms with Gasteiger partial charge in [-0.3, -0.25) is 10.1 Å². The number of hydrogen-bond acceptors (Lipinski definition) is 4. The van der Waals surface area contributed by atoms with Gasteiger partial charge in [0.1, 0.15) is 5.75 Å². The van der Waals surface area contributed by atoms with Crippen LogP contribution in [-0.2, 0) is 0 Å². The maximum atomic E-state index is 12.3. The van der Waals surface area contributed by atoms with Crippen molar-refractivity contribution < 1.29 is 9.53 Å². The molecule has 1 aromatic heterocycles. The summed E-state index contributed by atoms with van der Waals surface area (Å²) in [6, 6.07) is 10.7. The Morgan fingerprint density at radius 3 is 2.74 bits per heavy atom. The molecule has 6 heteroatoms. The number of anilines is 1. The van der Waals surface area contributed by atoms with E-state index >= 15 is 0 Å². The number of fused-ring (bicyclic) bond motifs is 1. The number of carbonyl (C=O) groups is 1. The number of carbonyl (C=O) groups excluding carboxylic acids is 1. The van der Waals surface area contributed by atoms with Crippen LogP contribution < -0.4 is 10.1 Å². The van der Waals surface area contributed by atoms with E-state index in [0.717, 1.165) is 21.5 Å². The zero-order valence-corrected chi connectivity index (χ0v) is 14.3. The van der Waals surface area contributed by atoms with Crippen LogP contribution in [0.4, 0.5) is 5.13 Å². The van der Waals surface area contributed by atoms with E-state index in [9.17, 15) is 4.79 Å². The molecule has 0 aliphatic heterocycles. The van der Waals surface area contributed by atoms with E-state index in [1.54, 1.807) is 24.3 Å². The Morgan fingerprint density at radius 2 is 2.04 bits per heavy atom. The van der Waals surface area contributed by atoms with Crippen molar-refractivity contribution in [2.24, 2.45) is 0 Å². The van der Waals surface area contributed by atoms with Crippen molar-refractivity contribution in [3.05, 3.63) is 52.5 Å². The fraction of sp³-hybridized carbons (Fsp3) is 0.176. The van der Waals surface area contributed by atoms with Crippen LogP contribution in [0.25, 0.3) is 10.2 Å². The number of thiazole rings is 1. The molecule has 23 heavy (non-hydrogen) atoms. The Hall–Kier alpha value is -2.11. The third-order valence-electron chi connectivity index (χ3n) is 3.30. The lowest BCUT2D eigenvalue weighted by Gasteiger charge is -2.04. The second-order valence-electron chi connectivity index (χ2n) is 5.00. The van der Waals surface area contributed by atoms with Crippen LogP contribution in [0.1, 0.15) is 22.8 Å². The van der Waals surface area contributed by atoms with Gasteiger partial charge in [-0.1, -0.05) is 22.9 Å². The van der Waals surface area contributed by atoms with E-state index in [2.05, 4.69) is 10.3 Å². The summed E-state index contributed by atoms with van der Waals surface area (Å²) in [5, 5.41) is 4.06. The van der Waals surface area contributed by atoms with Crippen LogP contribution in [0.2, 0.25) is 5.02 Å². The topological polar surface area (TPSA) is 51.2 Å². The quantitative estimate of drug-likeness (QED) is 0.730. The first-order valence-electron chi connectivity index (χ1n) is 7.17. The largest absolute Gasteiger partial charge is 0.494 e. The number of nitrogens with zero attached hydrogens (tertiary/aromatic N) is 1. The average Bonchev–Trinajstić information content (AvgIpc) is 2.91. The highest BCUT2D eigenvalue weighted by molar-refractivity contribution is 7.22. The average molecular weight is 347 g/mol. The predicted octanol–water partition coefficient (Wildman–Crippen LogP) is 4.91. The lowest BCUT2D eigenvalue weighted by atomic mass is 10.2. The molecule has 1 heterocycles. The Kier molecular flexibility index (Phi) is 4.50. The van der Waals surface area contributed by atoms with E-state index in [1.165, 1.54) is 11.3 Å². The number of rotatable bonds is 4. The summed E-state index contributed by atoms with van der Waals surface area (Å²) < 4.78 is 6.32. The van der Waals surface area contributed by atoms with Crippen LogP contribution in [0.3, 0.4) is 0 Å². The SMILES string of the molecule is CCOc1ccc(C(=O)Nc2nc3c(C)cc(Cl)cc3s2)cc1. The molecule has 0 aliphatic carbocycles. The Morgan fingerprint density at radius 1 is 1.30 bits per heavy atom. The van der Waals surface area contributed by atoms with Crippen molar-refractivity contribution in [3.8, 4) is 5.75 Å². The highest BCUT2D eigenvalue weighted by atomic mass is 35.5. The van der Waals surface area contributed by atoms with Gasteiger partial charge >= 0.3 is 0 Å². The molecule has 1 N–H and O–H groups in total. The molecule has 1 amide bonds. The van der Waals surface area contributed by atoms with Gasteiger partial charge in [-0.05, 0) is 55.8 Å². The summed E-state index contributed by atoms with van der Waals surface area (Å²) in [6.07, 6.45) is 0. The van der Waals surface area contributed by atoms with Crippen molar-refractivity contribution in [1.29, 1.82) is 0 Å². The van der Waals surface area contributed by atoms with Gasteiger partial charge in [0, 0.05) is 10.6 Å². The highest BCUT2D eigenvalue weighted by Gasteiger charge is 2.12. The van der Waals surface area contributed by atoms with Crippen LogP contribution in [0.15, 0.2) is 36.4 Å². The maximum absolute atomic E-state index is 12.3. The zero-order valence-electron chi connectivity index (χ0n) is 12.7. The van der Waals surface area contributed by atoms with Gasteiger partial charge in [-0.15, -0.1) is 0 Å². The van der Waals surface area contributed by atoms with Crippen molar-refractivity contribution in [1.82, 2.24) is 4.98 Å². The van der Waals surface area contributed by atoms with Crippen molar-refractivity contribution >= 4 is 44.2 Å². The van der Waals surface area contributed by atoms with Crippen molar-refractivity contribution in [3.63, 3.8) is 0 Å². The molecule has 0 fully saturated rings. The fourth-order valence-corrected chi connectivity index (χ4v) is 3.56. The third kappa shape index (κ3) is 3.46. The number of aromatic nitrogens is 1. The summed E-state index contributed by atoms with van der Waals surface area (Å²) in [4.78, 5) is 16.8. The first-order valence-corrected chi connectivity index (χ1v) is 8.37. The van der Waals surface area contributed by atoms with Gasteiger partial charge in [0.05, 0.1) is 16.8 Å². The second kappa shape index (κ2) is 6.56. The molecule has 0 atom stereocenters. The van der Waals surface area contributed by atoms with Crippen LogP contribution in [-0.4, -0.2) is 17.5 Å². The molecule has 118 valence electrons. The Bertz CT molecular complexity index is 859. The third-order valence-corrected chi connectivity index (χ3v) is 4.43. The monoisotopic (exact) mass is 346 g/mol. The molecule has 0 saturated carbocycles. The molecular formula is C17H15ClN2O2S. The van der Waals surface area contributed by atoms with Gasteiger partial charge < -0.3 is 4.74 Å². The first kappa shape index (κ1) is 15.8. The molecule has 2 aromatic carbocycles. The smallest absolute Gasteiger partial charge is 0.257 e. The summed E-state index contributed by atoms with van der Waals surface area (Å²) in [5.41, 5.74) is 2.41. The second-order valence-corrected chi connectivity index (χ2v) is 6.47. The normalized spacial score (nSPS) is 10.7. The van der Waals surface area contributed by atoms with Gasteiger partial charge in [0.25, 0.3) is 5.91 Å². The summed E-state index contributed by atoms with van der Waals surface area (Å²) in [6.45, 7) is 4.47. The summed E-state index contributed by atoms with van der Waals surface area (Å²) >= 11 is 7.46. The van der Waals surface area contributed by atoms with E-state index in [-0.39, 0.29) is 5.91 Å². The Balaban J connectivity index is 1.81. The van der Waals surface area contributed by atoms with Gasteiger partial charge in [-0.2, -0.15) is 0 Å². The van der Waals surface area contributed by atoms with Crippen LogP contribution in [0, 0.1) is 6.92 Å². The lowest BCUT2D eigenvalue weighted by Crippen LogP contribution is -2.11. The predicted molar refractivity (Wildman–Crippen MR) is 94.9 cm³/mol. The molecule has 0 aliphatic rings. The van der Waals surface area contributed by atoms with Crippen LogP contribution in [0.5, 0.6) is 5.75 Å². The fourth-order valence-electron chi connectivity index (χ4n) is 2.25. The number of ether oxygens (including phenoxy) is 1. The van der Waals surface area contributed by atoms with Gasteiger partial charge in [0.15, 0.2) is 5.13 Å². The number of nitrogens with one attached hydrogen (secondary N) is 1. The number of amides is 1. The standard InChI is InChI=1S/C17H15ClN2O2S/c1-3-22-13-6-4-11(5-7-13)16(21)20-17-19-15-10(2)8-12(18)9-14(15)23-17/h4-9H,3H2,1-2H3,(H,19,20,21).